The van der Waals surface area contributed by atoms with Crippen molar-refractivity contribution in [3.8, 4) is 17.2 Å². The van der Waals surface area contributed by atoms with Crippen molar-refractivity contribution in [2.45, 2.75) is 0 Å². The summed E-state index contributed by atoms with van der Waals surface area (Å²) in [5.74, 6) is 1.82. The van der Waals surface area contributed by atoms with Crippen LogP contribution in [0.15, 0.2) is 42.5 Å². The van der Waals surface area contributed by atoms with Crippen LogP contribution >= 0.6 is 11.6 Å². The number of nitrogens with zero attached hydrogens (tertiary/aromatic N) is 2. The lowest BCUT2D eigenvalue weighted by Gasteiger charge is -2.34. The van der Waals surface area contributed by atoms with Gasteiger partial charge in [0.2, 0.25) is 0 Å². The Morgan fingerprint density at radius 3 is 2.36 bits per heavy atom. The molecule has 1 aliphatic rings. The predicted octanol–water partition coefficient (Wildman–Crippen LogP) is 3.19. The Hall–Kier alpha value is -2.44. The van der Waals surface area contributed by atoms with Crippen molar-refractivity contribution < 1.29 is 19.0 Å². The summed E-state index contributed by atoms with van der Waals surface area (Å²) in [4.78, 5) is 17.1. The van der Waals surface area contributed by atoms with Gasteiger partial charge in [-0.2, -0.15) is 0 Å². The highest BCUT2D eigenvalue weighted by molar-refractivity contribution is 6.30. The van der Waals surface area contributed by atoms with Gasteiger partial charge in [0.1, 0.15) is 12.4 Å². The minimum Gasteiger partial charge on any atom is -0.493 e. The van der Waals surface area contributed by atoms with Crippen LogP contribution in [0.2, 0.25) is 5.02 Å². The van der Waals surface area contributed by atoms with E-state index in [9.17, 15) is 4.79 Å². The zero-order chi connectivity index (χ0) is 19.9. The van der Waals surface area contributed by atoms with Gasteiger partial charge in [-0.25, -0.2) is 0 Å². The first-order valence-corrected chi connectivity index (χ1v) is 9.61. The van der Waals surface area contributed by atoms with E-state index in [4.69, 9.17) is 25.8 Å². The van der Waals surface area contributed by atoms with Gasteiger partial charge in [0.05, 0.1) is 19.8 Å². The van der Waals surface area contributed by atoms with Gasteiger partial charge >= 0.3 is 0 Å². The minimum atomic E-state index is -0.0344. The highest BCUT2D eigenvalue weighted by Crippen LogP contribution is 2.31. The molecule has 0 atom stereocenters. The average Bonchev–Trinajstić information content (AvgIpc) is 2.74. The number of benzene rings is 2. The Morgan fingerprint density at radius 2 is 1.71 bits per heavy atom. The van der Waals surface area contributed by atoms with Crippen LogP contribution in [-0.4, -0.2) is 69.3 Å². The van der Waals surface area contributed by atoms with Crippen molar-refractivity contribution in [3.05, 3.63) is 53.1 Å². The van der Waals surface area contributed by atoms with E-state index in [1.807, 2.05) is 29.2 Å². The number of halogens is 1. The summed E-state index contributed by atoms with van der Waals surface area (Å²) in [6.07, 6.45) is 0. The number of rotatable bonds is 7. The fraction of sp³-hybridized carbons (Fsp3) is 0.381. The van der Waals surface area contributed by atoms with Gasteiger partial charge in [-0.05, 0) is 36.4 Å². The van der Waals surface area contributed by atoms with Gasteiger partial charge in [0.15, 0.2) is 11.5 Å². The van der Waals surface area contributed by atoms with Crippen molar-refractivity contribution in [3.63, 3.8) is 0 Å². The number of para-hydroxylation sites is 1. The molecule has 7 heteroatoms. The first-order valence-electron chi connectivity index (χ1n) is 9.23. The molecule has 0 saturated carbocycles. The average molecular weight is 405 g/mol. The highest BCUT2D eigenvalue weighted by atomic mass is 35.5. The molecule has 0 aromatic heterocycles. The van der Waals surface area contributed by atoms with Crippen molar-refractivity contribution in [1.29, 1.82) is 0 Å². The van der Waals surface area contributed by atoms with E-state index in [0.29, 0.717) is 41.8 Å². The van der Waals surface area contributed by atoms with Gasteiger partial charge < -0.3 is 19.1 Å². The Kier molecular flexibility index (Phi) is 7.01. The zero-order valence-electron chi connectivity index (χ0n) is 16.2. The molecule has 0 spiro atoms. The zero-order valence-corrected chi connectivity index (χ0v) is 16.9. The van der Waals surface area contributed by atoms with E-state index in [1.165, 1.54) is 0 Å². The third-order valence-corrected chi connectivity index (χ3v) is 5.03. The Labute approximate surface area is 170 Å². The SMILES string of the molecule is COc1cccc(C(=O)N2CCN(CCOc3ccc(Cl)cc3)CC2)c1OC. The van der Waals surface area contributed by atoms with Crippen LogP contribution in [0.5, 0.6) is 17.2 Å². The highest BCUT2D eigenvalue weighted by Gasteiger charge is 2.25. The molecule has 0 N–H and O–H groups in total. The lowest BCUT2D eigenvalue weighted by Crippen LogP contribution is -2.49. The normalized spacial score (nSPS) is 14.6. The molecular weight excluding hydrogens is 380 g/mol. The standard InChI is InChI=1S/C21H25ClN2O4/c1-26-19-5-3-4-18(20(19)27-2)21(25)24-12-10-23(11-13-24)14-15-28-17-8-6-16(22)7-9-17/h3-9H,10-15H2,1-2H3. The van der Waals surface area contributed by atoms with Crippen molar-refractivity contribution in [2.75, 3.05) is 53.6 Å². The first kappa shape index (κ1) is 20.3. The van der Waals surface area contributed by atoms with Gasteiger partial charge in [0.25, 0.3) is 5.91 Å². The smallest absolute Gasteiger partial charge is 0.257 e. The van der Waals surface area contributed by atoms with Crippen molar-refractivity contribution in [2.24, 2.45) is 0 Å². The van der Waals surface area contributed by atoms with E-state index < -0.39 is 0 Å². The van der Waals surface area contributed by atoms with Gasteiger partial charge in [-0.3, -0.25) is 9.69 Å². The van der Waals surface area contributed by atoms with Crippen LogP contribution in [0.4, 0.5) is 0 Å². The molecule has 3 rings (SSSR count). The summed E-state index contributed by atoms with van der Waals surface area (Å²) in [6, 6.07) is 12.7. The first-order chi connectivity index (χ1) is 13.6. The molecule has 2 aromatic carbocycles. The quantitative estimate of drug-likeness (QED) is 0.709. The van der Waals surface area contributed by atoms with Gasteiger partial charge in [-0.15, -0.1) is 0 Å². The Morgan fingerprint density at radius 1 is 1.00 bits per heavy atom. The van der Waals surface area contributed by atoms with Crippen molar-refractivity contribution in [1.82, 2.24) is 9.80 Å². The van der Waals surface area contributed by atoms with Crippen LogP contribution in [0, 0.1) is 0 Å². The molecule has 0 bridgehead atoms. The molecule has 0 unspecified atom stereocenters. The second-order valence-electron chi connectivity index (χ2n) is 6.48. The number of piperazine rings is 1. The van der Waals surface area contributed by atoms with E-state index in [2.05, 4.69) is 4.90 Å². The maximum absolute atomic E-state index is 12.9. The van der Waals surface area contributed by atoms with Crippen LogP contribution in [0.3, 0.4) is 0 Å². The van der Waals surface area contributed by atoms with Crippen LogP contribution in [-0.2, 0) is 0 Å². The number of carbonyl (C=O) groups is 1. The molecule has 150 valence electrons. The lowest BCUT2D eigenvalue weighted by atomic mass is 10.1. The van der Waals surface area contributed by atoms with E-state index >= 15 is 0 Å². The maximum Gasteiger partial charge on any atom is 0.257 e. The Bertz CT molecular complexity index is 789. The lowest BCUT2D eigenvalue weighted by molar-refractivity contribution is 0.0616. The second-order valence-corrected chi connectivity index (χ2v) is 6.91. The maximum atomic E-state index is 12.9. The second kappa shape index (κ2) is 9.66. The number of methoxy groups -OCH3 is 2. The third-order valence-electron chi connectivity index (χ3n) is 4.78. The number of carbonyl (C=O) groups excluding carboxylic acids is 1. The fourth-order valence-electron chi connectivity index (χ4n) is 3.22. The van der Waals surface area contributed by atoms with Crippen LogP contribution in [0.1, 0.15) is 10.4 Å². The van der Waals surface area contributed by atoms with Crippen LogP contribution < -0.4 is 14.2 Å². The third kappa shape index (κ3) is 4.88. The summed E-state index contributed by atoms with van der Waals surface area (Å²) in [6.45, 7) is 4.36. The van der Waals surface area contributed by atoms with E-state index in [-0.39, 0.29) is 5.91 Å². The topological polar surface area (TPSA) is 51.2 Å². The molecule has 6 nitrogen and oxygen atoms in total. The number of hydrogen-bond donors (Lipinski definition) is 0. The summed E-state index contributed by atoms with van der Waals surface area (Å²) in [5.41, 5.74) is 0.529. The van der Waals surface area contributed by atoms with Gasteiger partial charge in [0, 0.05) is 37.7 Å². The summed E-state index contributed by atoms with van der Waals surface area (Å²) < 4.78 is 16.4. The fourth-order valence-corrected chi connectivity index (χ4v) is 3.35. The van der Waals surface area contributed by atoms with Gasteiger partial charge in [-0.1, -0.05) is 17.7 Å². The number of amides is 1. The summed E-state index contributed by atoms with van der Waals surface area (Å²) in [5, 5.41) is 0.695. The molecule has 1 saturated heterocycles. The summed E-state index contributed by atoms with van der Waals surface area (Å²) >= 11 is 5.88. The summed E-state index contributed by atoms with van der Waals surface area (Å²) in [7, 11) is 3.12. The molecule has 1 aliphatic heterocycles. The molecule has 1 amide bonds. The monoisotopic (exact) mass is 404 g/mol. The number of hydrogen-bond acceptors (Lipinski definition) is 5. The molecule has 2 aromatic rings. The number of ether oxygens (including phenoxy) is 3. The van der Waals surface area contributed by atoms with E-state index in [0.717, 1.165) is 25.4 Å². The molecule has 0 radical (unpaired) electrons. The van der Waals surface area contributed by atoms with Crippen LogP contribution in [0.25, 0.3) is 0 Å². The molecule has 1 heterocycles. The minimum absolute atomic E-state index is 0.0344. The predicted molar refractivity (Wildman–Crippen MR) is 109 cm³/mol. The van der Waals surface area contributed by atoms with Crippen molar-refractivity contribution >= 4 is 17.5 Å². The molecule has 28 heavy (non-hydrogen) atoms. The molecule has 1 fully saturated rings. The largest absolute Gasteiger partial charge is 0.493 e. The Balaban J connectivity index is 1.50. The molecular formula is C21H25ClN2O4. The van der Waals surface area contributed by atoms with E-state index in [1.54, 1.807) is 32.4 Å². The molecule has 0 aliphatic carbocycles.